The van der Waals surface area contributed by atoms with Gasteiger partial charge >= 0.3 is 0 Å². The van der Waals surface area contributed by atoms with Gasteiger partial charge in [-0.2, -0.15) is 4.31 Å². The molecule has 1 atom stereocenters. The minimum absolute atomic E-state index is 0.504. The molecule has 0 amide bonds. The van der Waals surface area contributed by atoms with Gasteiger partial charge in [0, 0.05) is 29.4 Å². The van der Waals surface area contributed by atoms with Gasteiger partial charge in [0.25, 0.3) is 0 Å². The Labute approximate surface area is 126 Å². The first-order valence-corrected chi connectivity index (χ1v) is 9.48. The first-order chi connectivity index (χ1) is 9.48. The van der Waals surface area contributed by atoms with Crippen molar-refractivity contribution in [2.75, 3.05) is 20.1 Å². The third kappa shape index (κ3) is 3.24. The number of piperidine rings is 1. The van der Waals surface area contributed by atoms with Crippen LogP contribution in [0.1, 0.15) is 35.9 Å². The van der Waals surface area contributed by atoms with Crippen molar-refractivity contribution < 1.29 is 8.42 Å². The SMILES string of the molecule is CCC1CCCN(S(=O)(=O)c2cc(CNC)sc2C)C1. The largest absolute Gasteiger partial charge is 0.315 e. The summed E-state index contributed by atoms with van der Waals surface area (Å²) in [5.41, 5.74) is 0. The standard InChI is InChI=1S/C14H24N2O2S2/c1-4-12-6-5-7-16(10-12)20(17,18)14-8-13(9-15-3)19-11(14)2/h8,12,15H,4-7,9-10H2,1-3H3. The summed E-state index contributed by atoms with van der Waals surface area (Å²) in [5, 5.41) is 3.07. The first kappa shape index (κ1) is 15.9. The van der Waals surface area contributed by atoms with Gasteiger partial charge in [-0.3, -0.25) is 0 Å². The van der Waals surface area contributed by atoms with Gasteiger partial charge < -0.3 is 5.32 Å². The molecule has 0 spiro atoms. The van der Waals surface area contributed by atoms with E-state index in [1.165, 1.54) is 0 Å². The number of nitrogens with zero attached hydrogens (tertiary/aromatic N) is 1. The van der Waals surface area contributed by atoms with Crippen LogP contribution in [0.2, 0.25) is 0 Å². The molecule has 1 fully saturated rings. The Morgan fingerprint density at radius 1 is 1.50 bits per heavy atom. The molecule has 4 nitrogen and oxygen atoms in total. The van der Waals surface area contributed by atoms with E-state index >= 15 is 0 Å². The van der Waals surface area contributed by atoms with Crippen molar-refractivity contribution in [3.05, 3.63) is 15.8 Å². The molecule has 1 saturated heterocycles. The van der Waals surface area contributed by atoms with E-state index in [1.54, 1.807) is 15.6 Å². The summed E-state index contributed by atoms with van der Waals surface area (Å²) >= 11 is 1.57. The summed E-state index contributed by atoms with van der Waals surface area (Å²) in [6.45, 7) is 6.10. The Hall–Kier alpha value is -0.430. The van der Waals surface area contributed by atoms with Gasteiger partial charge in [-0.25, -0.2) is 8.42 Å². The Kier molecular flexibility index (Phi) is 5.23. The summed E-state index contributed by atoms with van der Waals surface area (Å²) < 4.78 is 27.3. The van der Waals surface area contributed by atoms with E-state index in [1.807, 2.05) is 20.0 Å². The molecule has 0 saturated carbocycles. The van der Waals surface area contributed by atoms with E-state index in [2.05, 4.69) is 12.2 Å². The van der Waals surface area contributed by atoms with E-state index in [-0.39, 0.29) is 0 Å². The number of thiophene rings is 1. The molecule has 1 aromatic rings. The topological polar surface area (TPSA) is 49.4 Å². The lowest BCUT2D eigenvalue weighted by atomic mass is 9.97. The summed E-state index contributed by atoms with van der Waals surface area (Å²) in [7, 11) is -1.44. The molecular formula is C14H24N2O2S2. The predicted octanol–water partition coefficient (Wildman–Crippen LogP) is 2.59. The summed E-state index contributed by atoms with van der Waals surface area (Å²) in [4.78, 5) is 2.48. The highest BCUT2D eigenvalue weighted by Gasteiger charge is 2.31. The molecular weight excluding hydrogens is 292 g/mol. The molecule has 0 aromatic carbocycles. The van der Waals surface area contributed by atoms with Gasteiger partial charge in [0.2, 0.25) is 10.0 Å². The van der Waals surface area contributed by atoms with Crippen LogP contribution in [0.4, 0.5) is 0 Å². The van der Waals surface area contributed by atoms with Gasteiger partial charge in [-0.15, -0.1) is 11.3 Å². The number of hydrogen-bond acceptors (Lipinski definition) is 4. The Morgan fingerprint density at radius 2 is 2.25 bits per heavy atom. The maximum atomic E-state index is 12.8. The van der Waals surface area contributed by atoms with Crippen LogP contribution in [-0.2, 0) is 16.6 Å². The summed E-state index contributed by atoms with van der Waals surface area (Å²) in [5.74, 6) is 0.509. The van der Waals surface area contributed by atoms with Crippen LogP contribution in [0, 0.1) is 12.8 Å². The van der Waals surface area contributed by atoms with Crippen molar-refractivity contribution in [3.63, 3.8) is 0 Å². The molecule has 1 unspecified atom stereocenters. The van der Waals surface area contributed by atoms with Gasteiger partial charge in [0.1, 0.15) is 0 Å². The third-order valence-electron chi connectivity index (χ3n) is 3.95. The second-order valence-electron chi connectivity index (χ2n) is 5.44. The second-order valence-corrected chi connectivity index (χ2v) is 8.69. The van der Waals surface area contributed by atoms with Crippen LogP contribution in [0.15, 0.2) is 11.0 Å². The summed E-state index contributed by atoms with van der Waals surface area (Å²) in [6.07, 6.45) is 3.18. The molecule has 1 aliphatic heterocycles. The monoisotopic (exact) mass is 316 g/mol. The molecule has 1 aromatic heterocycles. The third-order valence-corrected chi connectivity index (χ3v) is 7.12. The molecule has 1 aliphatic rings. The number of sulfonamides is 1. The maximum absolute atomic E-state index is 12.8. The highest BCUT2D eigenvalue weighted by Crippen LogP contribution is 2.31. The van der Waals surface area contributed by atoms with E-state index in [0.717, 1.165) is 35.6 Å². The molecule has 0 radical (unpaired) electrons. The normalized spacial score (nSPS) is 21.2. The van der Waals surface area contributed by atoms with Crippen LogP contribution in [0.3, 0.4) is 0 Å². The quantitative estimate of drug-likeness (QED) is 0.908. The van der Waals surface area contributed by atoms with E-state index in [9.17, 15) is 8.42 Å². The fraction of sp³-hybridized carbons (Fsp3) is 0.714. The fourth-order valence-corrected chi connectivity index (χ4v) is 5.93. The summed E-state index contributed by atoms with van der Waals surface area (Å²) in [6, 6.07) is 1.83. The first-order valence-electron chi connectivity index (χ1n) is 7.23. The number of hydrogen-bond donors (Lipinski definition) is 1. The lowest BCUT2D eigenvalue weighted by Gasteiger charge is -2.31. The fourth-order valence-electron chi connectivity index (χ4n) is 2.76. The van der Waals surface area contributed by atoms with Gasteiger partial charge in [-0.1, -0.05) is 13.3 Å². The van der Waals surface area contributed by atoms with Crippen molar-refractivity contribution in [2.24, 2.45) is 5.92 Å². The van der Waals surface area contributed by atoms with Crippen molar-refractivity contribution in [3.8, 4) is 0 Å². The minimum Gasteiger partial charge on any atom is -0.315 e. The highest BCUT2D eigenvalue weighted by atomic mass is 32.2. The van der Waals surface area contributed by atoms with Crippen molar-refractivity contribution in [1.29, 1.82) is 0 Å². The van der Waals surface area contributed by atoms with Crippen LogP contribution < -0.4 is 5.32 Å². The smallest absolute Gasteiger partial charge is 0.244 e. The van der Waals surface area contributed by atoms with Crippen molar-refractivity contribution in [2.45, 2.75) is 44.6 Å². The molecule has 0 aliphatic carbocycles. The molecule has 0 bridgehead atoms. The van der Waals surface area contributed by atoms with Gasteiger partial charge in [0.05, 0.1) is 4.90 Å². The zero-order chi connectivity index (χ0) is 14.8. The lowest BCUT2D eigenvalue weighted by Crippen LogP contribution is -2.39. The van der Waals surface area contributed by atoms with Gasteiger partial charge in [-0.05, 0) is 38.8 Å². The van der Waals surface area contributed by atoms with E-state index in [0.29, 0.717) is 23.9 Å². The number of rotatable bonds is 5. The Morgan fingerprint density at radius 3 is 2.90 bits per heavy atom. The zero-order valence-corrected chi connectivity index (χ0v) is 14.1. The second kappa shape index (κ2) is 6.56. The maximum Gasteiger partial charge on any atom is 0.244 e. The Bertz CT molecular complexity index is 552. The number of nitrogens with one attached hydrogen (secondary N) is 1. The molecule has 20 heavy (non-hydrogen) atoms. The van der Waals surface area contributed by atoms with Crippen molar-refractivity contribution in [1.82, 2.24) is 9.62 Å². The van der Waals surface area contributed by atoms with Crippen LogP contribution >= 0.6 is 11.3 Å². The van der Waals surface area contributed by atoms with Crippen LogP contribution in [0.5, 0.6) is 0 Å². The predicted molar refractivity (Wildman–Crippen MR) is 83.6 cm³/mol. The molecule has 114 valence electrons. The molecule has 6 heteroatoms. The average Bonchev–Trinajstić information content (AvgIpc) is 2.81. The van der Waals surface area contributed by atoms with Crippen LogP contribution in [-0.4, -0.2) is 32.9 Å². The van der Waals surface area contributed by atoms with E-state index in [4.69, 9.17) is 0 Å². The molecule has 2 heterocycles. The van der Waals surface area contributed by atoms with Gasteiger partial charge in [0.15, 0.2) is 0 Å². The number of aryl methyl sites for hydroxylation is 1. The minimum atomic E-state index is -3.32. The van der Waals surface area contributed by atoms with Crippen LogP contribution in [0.25, 0.3) is 0 Å². The lowest BCUT2D eigenvalue weighted by molar-refractivity contribution is 0.261. The molecule has 1 N–H and O–H groups in total. The zero-order valence-electron chi connectivity index (χ0n) is 12.5. The molecule has 2 rings (SSSR count). The Balaban J connectivity index is 2.25. The van der Waals surface area contributed by atoms with Crippen molar-refractivity contribution >= 4 is 21.4 Å². The highest BCUT2D eigenvalue weighted by molar-refractivity contribution is 7.89. The average molecular weight is 316 g/mol. The van der Waals surface area contributed by atoms with E-state index < -0.39 is 10.0 Å².